The molecule has 0 aromatic heterocycles. The zero-order valence-corrected chi connectivity index (χ0v) is 19.0. The molecular formula is C21H29IN4O2. The van der Waals surface area contributed by atoms with Crippen molar-refractivity contribution in [3.05, 3.63) is 60.2 Å². The highest BCUT2D eigenvalue weighted by Crippen LogP contribution is 2.17. The number of nitrogens with one attached hydrogen (secondary N) is 2. The SMILES string of the molecule is CCNC(=NCCOc1cccc(NC(C)=O)c1)N(C)Cc1ccccc1.I. The van der Waals surface area contributed by atoms with E-state index in [1.54, 1.807) is 6.07 Å². The molecule has 0 saturated carbocycles. The lowest BCUT2D eigenvalue weighted by Crippen LogP contribution is -2.38. The topological polar surface area (TPSA) is 66.0 Å². The summed E-state index contributed by atoms with van der Waals surface area (Å²) in [6.45, 7) is 6.11. The summed E-state index contributed by atoms with van der Waals surface area (Å²) in [4.78, 5) is 17.9. The van der Waals surface area contributed by atoms with E-state index in [9.17, 15) is 4.79 Å². The molecule has 0 saturated heterocycles. The van der Waals surface area contributed by atoms with E-state index in [4.69, 9.17) is 4.74 Å². The standard InChI is InChI=1S/C21H28N4O2.HI/c1-4-22-21(25(3)16-18-9-6-5-7-10-18)23-13-14-27-20-12-8-11-19(15-20)24-17(2)26;/h5-12,15H,4,13-14,16H2,1-3H3,(H,22,23)(H,24,26);1H. The van der Waals surface area contributed by atoms with Crippen molar-refractivity contribution in [2.75, 3.05) is 32.1 Å². The predicted molar refractivity (Wildman–Crippen MR) is 126 cm³/mol. The minimum atomic E-state index is -0.103. The van der Waals surface area contributed by atoms with Crippen LogP contribution in [0.5, 0.6) is 5.75 Å². The average molecular weight is 496 g/mol. The summed E-state index contributed by atoms with van der Waals surface area (Å²) < 4.78 is 5.75. The molecule has 0 spiro atoms. The number of ether oxygens (including phenoxy) is 1. The fourth-order valence-electron chi connectivity index (χ4n) is 2.58. The Bertz CT molecular complexity index is 753. The van der Waals surface area contributed by atoms with Crippen molar-refractivity contribution in [1.82, 2.24) is 10.2 Å². The molecule has 0 radical (unpaired) electrons. The molecule has 0 aliphatic carbocycles. The van der Waals surface area contributed by atoms with E-state index in [1.165, 1.54) is 12.5 Å². The highest BCUT2D eigenvalue weighted by atomic mass is 127. The van der Waals surface area contributed by atoms with Gasteiger partial charge >= 0.3 is 0 Å². The summed E-state index contributed by atoms with van der Waals surface area (Å²) in [5.41, 5.74) is 1.95. The molecule has 7 heteroatoms. The van der Waals surface area contributed by atoms with Gasteiger partial charge in [-0.1, -0.05) is 36.4 Å². The Morgan fingerprint density at radius 3 is 2.57 bits per heavy atom. The number of benzene rings is 2. The van der Waals surface area contributed by atoms with E-state index in [0.717, 1.165) is 24.7 Å². The molecule has 0 heterocycles. The van der Waals surface area contributed by atoms with Crippen molar-refractivity contribution in [3.63, 3.8) is 0 Å². The number of anilines is 1. The first kappa shape index (κ1) is 23.7. The molecular weight excluding hydrogens is 467 g/mol. The van der Waals surface area contributed by atoms with Crippen LogP contribution in [-0.2, 0) is 11.3 Å². The molecule has 2 aromatic carbocycles. The second-order valence-corrected chi connectivity index (χ2v) is 6.13. The van der Waals surface area contributed by atoms with Gasteiger partial charge in [0.2, 0.25) is 5.91 Å². The zero-order chi connectivity index (χ0) is 19.5. The third-order valence-electron chi connectivity index (χ3n) is 3.74. The normalized spacial score (nSPS) is 10.6. The molecule has 152 valence electrons. The molecule has 0 aliphatic rings. The lowest BCUT2D eigenvalue weighted by atomic mass is 10.2. The molecule has 0 bridgehead atoms. The molecule has 1 amide bonds. The van der Waals surface area contributed by atoms with Crippen LogP contribution in [-0.4, -0.2) is 43.5 Å². The van der Waals surface area contributed by atoms with Gasteiger partial charge in [-0.2, -0.15) is 0 Å². The maximum atomic E-state index is 11.1. The number of nitrogens with zero attached hydrogens (tertiary/aromatic N) is 2. The molecule has 0 atom stereocenters. The lowest BCUT2D eigenvalue weighted by molar-refractivity contribution is -0.114. The monoisotopic (exact) mass is 496 g/mol. The number of aliphatic imine (C=N–C) groups is 1. The Morgan fingerprint density at radius 2 is 1.89 bits per heavy atom. The van der Waals surface area contributed by atoms with Crippen molar-refractivity contribution in [2.24, 2.45) is 4.99 Å². The van der Waals surface area contributed by atoms with Gasteiger partial charge in [-0.05, 0) is 24.6 Å². The van der Waals surface area contributed by atoms with E-state index in [1.807, 2.05) is 43.4 Å². The Kier molecular flexibility index (Phi) is 11.0. The number of hydrogen-bond donors (Lipinski definition) is 2. The molecule has 2 N–H and O–H groups in total. The highest BCUT2D eigenvalue weighted by molar-refractivity contribution is 14.0. The summed E-state index contributed by atoms with van der Waals surface area (Å²) in [5, 5.41) is 6.05. The van der Waals surface area contributed by atoms with Crippen LogP contribution in [0.2, 0.25) is 0 Å². The molecule has 6 nitrogen and oxygen atoms in total. The number of guanidine groups is 1. The maximum Gasteiger partial charge on any atom is 0.221 e. The molecule has 0 unspecified atom stereocenters. The van der Waals surface area contributed by atoms with Gasteiger partial charge in [0.1, 0.15) is 12.4 Å². The van der Waals surface area contributed by atoms with Crippen molar-refractivity contribution in [3.8, 4) is 5.75 Å². The largest absolute Gasteiger partial charge is 0.492 e. The quantitative estimate of drug-likeness (QED) is 0.253. The zero-order valence-electron chi connectivity index (χ0n) is 16.6. The van der Waals surface area contributed by atoms with E-state index in [0.29, 0.717) is 18.9 Å². The second kappa shape index (κ2) is 13.0. The molecule has 28 heavy (non-hydrogen) atoms. The fourth-order valence-corrected chi connectivity index (χ4v) is 2.58. The summed E-state index contributed by atoms with van der Waals surface area (Å²) in [7, 11) is 2.02. The summed E-state index contributed by atoms with van der Waals surface area (Å²) >= 11 is 0. The van der Waals surface area contributed by atoms with Crippen molar-refractivity contribution < 1.29 is 9.53 Å². The number of amides is 1. The summed E-state index contributed by atoms with van der Waals surface area (Å²) in [6, 6.07) is 17.6. The lowest BCUT2D eigenvalue weighted by Gasteiger charge is -2.22. The van der Waals surface area contributed by atoms with Crippen molar-refractivity contribution in [2.45, 2.75) is 20.4 Å². The Morgan fingerprint density at radius 1 is 1.14 bits per heavy atom. The van der Waals surface area contributed by atoms with Gasteiger partial charge in [-0.15, -0.1) is 24.0 Å². The van der Waals surface area contributed by atoms with Crippen LogP contribution < -0.4 is 15.4 Å². The number of carbonyl (C=O) groups is 1. The van der Waals surface area contributed by atoms with Crippen molar-refractivity contribution in [1.29, 1.82) is 0 Å². The van der Waals surface area contributed by atoms with Crippen LogP contribution in [0, 0.1) is 0 Å². The van der Waals surface area contributed by atoms with E-state index in [2.05, 4.69) is 39.6 Å². The van der Waals surface area contributed by atoms with Crippen LogP contribution in [0.25, 0.3) is 0 Å². The smallest absolute Gasteiger partial charge is 0.221 e. The first-order valence-electron chi connectivity index (χ1n) is 9.12. The van der Waals surface area contributed by atoms with Crippen LogP contribution in [0.3, 0.4) is 0 Å². The third kappa shape index (κ3) is 8.60. The predicted octanol–water partition coefficient (Wildman–Crippen LogP) is 3.74. The fraction of sp³-hybridized carbons (Fsp3) is 0.333. The van der Waals surface area contributed by atoms with Gasteiger partial charge < -0.3 is 20.3 Å². The van der Waals surface area contributed by atoms with Crippen LogP contribution in [0.15, 0.2) is 59.6 Å². The van der Waals surface area contributed by atoms with Gasteiger partial charge in [0, 0.05) is 38.8 Å². The summed E-state index contributed by atoms with van der Waals surface area (Å²) in [6.07, 6.45) is 0. The van der Waals surface area contributed by atoms with Gasteiger partial charge in [0.15, 0.2) is 5.96 Å². The average Bonchev–Trinajstić information content (AvgIpc) is 2.65. The van der Waals surface area contributed by atoms with E-state index < -0.39 is 0 Å². The van der Waals surface area contributed by atoms with Gasteiger partial charge in [-0.25, -0.2) is 4.99 Å². The van der Waals surface area contributed by atoms with Crippen LogP contribution in [0.1, 0.15) is 19.4 Å². The van der Waals surface area contributed by atoms with Crippen LogP contribution >= 0.6 is 24.0 Å². The number of rotatable bonds is 8. The Balaban J connectivity index is 0.00000392. The van der Waals surface area contributed by atoms with Crippen molar-refractivity contribution >= 4 is 41.5 Å². The number of carbonyl (C=O) groups excluding carboxylic acids is 1. The van der Waals surface area contributed by atoms with Gasteiger partial charge in [-0.3, -0.25) is 4.79 Å². The Hall–Kier alpha value is -2.29. The highest BCUT2D eigenvalue weighted by Gasteiger charge is 2.06. The number of halogens is 1. The van der Waals surface area contributed by atoms with Gasteiger partial charge in [0.25, 0.3) is 0 Å². The molecule has 2 rings (SSSR count). The minimum Gasteiger partial charge on any atom is -0.492 e. The first-order valence-corrected chi connectivity index (χ1v) is 9.12. The molecule has 2 aromatic rings. The van der Waals surface area contributed by atoms with E-state index in [-0.39, 0.29) is 29.9 Å². The second-order valence-electron chi connectivity index (χ2n) is 6.13. The maximum absolute atomic E-state index is 11.1. The molecule has 0 aliphatic heterocycles. The number of hydrogen-bond acceptors (Lipinski definition) is 3. The molecule has 0 fully saturated rings. The summed E-state index contributed by atoms with van der Waals surface area (Å²) in [5.74, 6) is 1.45. The Labute approximate surface area is 184 Å². The third-order valence-corrected chi connectivity index (χ3v) is 3.74. The van der Waals surface area contributed by atoms with Crippen LogP contribution in [0.4, 0.5) is 5.69 Å². The van der Waals surface area contributed by atoms with E-state index >= 15 is 0 Å². The first-order chi connectivity index (χ1) is 13.1. The minimum absolute atomic E-state index is 0. The van der Waals surface area contributed by atoms with Gasteiger partial charge in [0.05, 0.1) is 6.54 Å².